The van der Waals surface area contributed by atoms with Crippen LogP contribution in [0.3, 0.4) is 0 Å². The van der Waals surface area contributed by atoms with Crippen molar-refractivity contribution in [3.63, 3.8) is 0 Å². The molecule has 2 rings (SSSR count). The summed E-state index contributed by atoms with van der Waals surface area (Å²) in [7, 11) is 3.76. The Bertz CT molecular complexity index is 511. The monoisotopic (exact) mass is 274 g/mol. The predicted molar refractivity (Wildman–Crippen MR) is 79.1 cm³/mol. The van der Waals surface area contributed by atoms with Crippen molar-refractivity contribution < 1.29 is 9.15 Å². The molecule has 0 radical (unpaired) electrons. The highest BCUT2D eigenvalue weighted by molar-refractivity contribution is 5.26. The van der Waals surface area contributed by atoms with Crippen molar-refractivity contribution in [2.75, 3.05) is 20.7 Å². The van der Waals surface area contributed by atoms with Crippen molar-refractivity contribution in [3.05, 3.63) is 59.5 Å². The van der Waals surface area contributed by atoms with Crippen LogP contribution in [0.5, 0.6) is 0 Å². The van der Waals surface area contributed by atoms with E-state index in [0.29, 0.717) is 13.2 Å². The lowest BCUT2D eigenvalue weighted by molar-refractivity contribution is 0.184. The Kier molecular flexibility index (Phi) is 5.35. The minimum absolute atomic E-state index is 0.164. The summed E-state index contributed by atoms with van der Waals surface area (Å²) in [5, 5.41) is 0. The number of likely N-dealkylation sites (N-methyl/N-ethyl adjacent to an activating group) is 1. The van der Waals surface area contributed by atoms with Gasteiger partial charge in [0.25, 0.3) is 0 Å². The van der Waals surface area contributed by atoms with Crippen LogP contribution in [0.25, 0.3) is 0 Å². The van der Waals surface area contributed by atoms with Crippen LogP contribution in [0.1, 0.15) is 22.9 Å². The van der Waals surface area contributed by atoms with Crippen molar-refractivity contribution in [2.24, 2.45) is 5.73 Å². The number of hydrogen-bond donors (Lipinski definition) is 1. The van der Waals surface area contributed by atoms with Crippen LogP contribution in [0, 0.1) is 0 Å². The van der Waals surface area contributed by atoms with E-state index in [-0.39, 0.29) is 6.04 Å². The lowest BCUT2D eigenvalue weighted by Gasteiger charge is -2.27. The van der Waals surface area contributed by atoms with Gasteiger partial charge in [-0.15, -0.1) is 0 Å². The highest BCUT2D eigenvalue weighted by Crippen LogP contribution is 2.21. The van der Waals surface area contributed by atoms with Crippen LogP contribution in [0.4, 0.5) is 0 Å². The number of methoxy groups -OCH3 is 1. The van der Waals surface area contributed by atoms with E-state index in [1.165, 1.54) is 5.56 Å². The number of rotatable bonds is 7. The Morgan fingerprint density at radius 2 is 2.15 bits per heavy atom. The van der Waals surface area contributed by atoms with Crippen molar-refractivity contribution in [2.45, 2.75) is 19.2 Å². The van der Waals surface area contributed by atoms with Gasteiger partial charge in [-0.25, -0.2) is 0 Å². The first kappa shape index (κ1) is 14.8. The molecule has 4 heteroatoms. The summed E-state index contributed by atoms with van der Waals surface area (Å²) in [5.74, 6) is 0.944. The SMILES string of the molecule is COCc1cccc(C(CN)N(C)Cc2ccco2)c1. The second-order valence-electron chi connectivity index (χ2n) is 4.92. The van der Waals surface area contributed by atoms with Crippen LogP contribution < -0.4 is 5.73 Å². The Balaban J connectivity index is 2.12. The first-order valence-electron chi connectivity index (χ1n) is 6.75. The summed E-state index contributed by atoms with van der Waals surface area (Å²) in [5.41, 5.74) is 8.32. The first-order chi connectivity index (χ1) is 9.74. The molecule has 0 amide bonds. The molecule has 108 valence electrons. The van der Waals surface area contributed by atoms with Crippen LogP contribution in [0.15, 0.2) is 47.1 Å². The Labute approximate surface area is 120 Å². The zero-order valence-electron chi connectivity index (χ0n) is 12.1. The quantitative estimate of drug-likeness (QED) is 0.843. The zero-order valence-corrected chi connectivity index (χ0v) is 12.1. The van der Waals surface area contributed by atoms with Gasteiger partial charge in [-0.1, -0.05) is 24.3 Å². The summed E-state index contributed by atoms with van der Waals surface area (Å²) >= 11 is 0. The van der Waals surface area contributed by atoms with E-state index in [2.05, 4.69) is 30.1 Å². The van der Waals surface area contributed by atoms with Crippen LogP contribution in [0.2, 0.25) is 0 Å². The van der Waals surface area contributed by atoms with E-state index in [0.717, 1.165) is 17.9 Å². The third-order valence-corrected chi connectivity index (χ3v) is 3.39. The number of nitrogens with zero attached hydrogens (tertiary/aromatic N) is 1. The molecule has 1 aromatic heterocycles. The molecule has 0 saturated heterocycles. The maximum Gasteiger partial charge on any atom is 0.117 e. The van der Waals surface area contributed by atoms with E-state index < -0.39 is 0 Å². The fourth-order valence-electron chi connectivity index (χ4n) is 2.39. The molecule has 0 saturated carbocycles. The van der Waals surface area contributed by atoms with Crippen LogP contribution in [-0.2, 0) is 17.9 Å². The normalized spacial score (nSPS) is 12.8. The number of hydrogen-bond acceptors (Lipinski definition) is 4. The summed E-state index contributed by atoms with van der Waals surface area (Å²) in [6.45, 7) is 1.92. The number of ether oxygens (including phenoxy) is 1. The third-order valence-electron chi connectivity index (χ3n) is 3.39. The molecule has 2 aromatic rings. The molecule has 1 aromatic carbocycles. The first-order valence-corrected chi connectivity index (χ1v) is 6.75. The molecule has 4 nitrogen and oxygen atoms in total. The van der Waals surface area contributed by atoms with E-state index >= 15 is 0 Å². The van der Waals surface area contributed by atoms with Crippen molar-refractivity contribution in [1.82, 2.24) is 4.90 Å². The van der Waals surface area contributed by atoms with Gasteiger partial charge in [0.1, 0.15) is 5.76 Å². The second kappa shape index (κ2) is 7.24. The van der Waals surface area contributed by atoms with Crippen molar-refractivity contribution in [3.8, 4) is 0 Å². The summed E-state index contributed by atoms with van der Waals surface area (Å²) in [6, 6.07) is 12.4. The van der Waals surface area contributed by atoms with Gasteiger partial charge in [-0.3, -0.25) is 4.90 Å². The third kappa shape index (κ3) is 3.70. The highest BCUT2D eigenvalue weighted by atomic mass is 16.5. The van der Waals surface area contributed by atoms with E-state index in [4.69, 9.17) is 14.9 Å². The zero-order chi connectivity index (χ0) is 14.4. The van der Waals surface area contributed by atoms with Gasteiger partial charge in [-0.2, -0.15) is 0 Å². The molecule has 0 aliphatic carbocycles. The topological polar surface area (TPSA) is 51.6 Å². The van der Waals surface area contributed by atoms with Gasteiger partial charge in [0.05, 0.1) is 19.4 Å². The summed E-state index contributed by atoms with van der Waals surface area (Å²) < 4.78 is 10.6. The molecule has 0 aliphatic rings. The number of furan rings is 1. The Hall–Kier alpha value is -1.62. The van der Waals surface area contributed by atoms with Gasteiger partial charge >= 0.3 is 0 Å². The molecule has 1 atom stereocenters. The van der Waals surface area contributed by atoms with E-state index in [1.54, 1.807) is 13.4 Å². The number of benzene rings is 1. The van der Waals surface area contributed by atoms with E-state index in [9.17, 15) is 0 Å². The average Bonchev–Trinajstić information content (AvgIpc) is 2.93. The highest BCUT2D eigenvalue weighted by Gasteiger charge is 2.16. The molecule has 1 unspecified atom stereocenters. The molecular weight excluding hydrogens is 252 g/mol. The molecule has 1 heterocycles. The molecular formula is C16H22N2O2. The largest absolute Gasteiger partial charge is 0.468 e. The van der Waals surface area contributed by atoms with Gasteiger partial charge in [0, 0.05) is 19.7 Å². The lowest BCUT2D eigenvalue weighted by atomic mass is 10.0. The molecule has 0 bridgehead atoms. The minimum atomic E-state index is 0.164. The fraction of sp³-hybridized carbons (Fsp3) is 0.375. The van der Waals surface area contributed by atoms with Crippen LogP contribution in [-0.4, -0.2) is 25.6 Å². The molecule has 0 fully saturated rings. The predicted octanol–water partition coefficient (Wildman–Crippen LogP) is 2.56. The average molecular weight is 274 g/mol. The van der Waals surface area contributed by atoms with Crippen molar-refractivity contribution >= 4 is 0 Å². The Morgan fingerprint density at radius 3 is 2.80 bits per heavy atom. The molecule has 0 aliphatic heterocycles. The maximum atomic E-state index is 5.96. The van der Waals surface area contributed by atoms with E-state index in [1.807, 2.05) is 18.2 Å². The van der Waals surface area contributed by atoms with Gasteiger partial charge in [0.15, 0.2) is 0 Å². The minimum Gasteiger partial charge on any atom is -0.468 e. The van der Waals surface area contributed by atoms with Crippen molar-refractivity contribution in [1.29, 1.82) is 0 Å². The number of nitrogens with two attached hydrogens (primary N) is 1. The van der Waals surface area contributed by atoms with Gasteiger partial charge in [-0.05, 0) is 30.3 Å². The molecule has 0 spiro atoms. The standard InChI is InChI=1S/C16H22N2O2/c1-18(11-15-7-4-8-20-15)16(10-17)14-6-3-5-13(9-14)12-19-2/h3-9,16H,10-12,17H2,1-2H3. The fourth-order valence-corrected chi connectivity index (χ4v) is 2.39. The Morgan fingerprint density at radius 1 is 1.30 bits per heavy atom. The summed E-state index contributed by atoms with van der Waals surface area (Å²) in [4.78, 5) is 2.20. The van der Waals surface area contributed by atoms with Gasteiger partial charge < -0.3 is 14.9 Å². The molecule has 20 heavy (non-hydrogen) atoms. The van der Waals surface area contributed by atoms with Gasteiger partial charge in [0.2, 0.25) is 0 Å². The second-order valence-corrected chi connectivity index (χ2v) is 4.92. The maximum absolute atomic E-state index is 5.96. The van der Waals surface area contributed by atoms with Crippen LogP contribution >= 0.6 is 0 Å². The lowest BCUT2D eigenvalue weighted by Crippen LogP contribution is -2.30. The smallest absolute Gasteiger partial charge is 0.117 e. The molecule has 2 N–H and O–H groups in total. The summed E-state index contributed by atoms with van der Waals surface area (Å²) in [6.07, 6.45) is 1.69.